The van der Waals surface area contributed by atoms with Crippen LogP contribution in [0.5, 0.6) is 0 Å². The molecule has 1 fully saturated rings. The quantitative estimate of drug-likeness (QED) is 0.379. The molecule has 4 aromatic rings. The summed E-state index contributed by atoms with van der Waals surface area (Å²) >= 11 is 0. The van der Waals surface area contributed by atoms with Gasteiger partial charge < -0.3 is 14.8 Å². The SMILES string of the molecule is Cc1cccc([C@@H]2c3cccn3-c3c(c(C)nn3-c3ccccc3)CN2C(=O)NC2CCCCC2)c1. The van der Waals surface area contributed by atoms with Gasteiger partial charge >= 0.3 is 6.03 Å². The molecular weight excluding hydrogens is 446 g/mol. The first-order valence-electron chi connectivity index (χ1n) is 13.1. The number of urea groups is 1. The molecule has 1 aliphatic carbocycles. The van der Waals surface area contributed by atoms with Crippen molar-refractivity contribution in [2.45, 2.75) is 64.6 Å². The van der Waals surface area contributed by atoms with Crippen LogP contribution in [0.4, 0.5) is 4.79 Å². The van der Waals surface area contributed by atoms with Gasteiger partial charge in [0.15, 0.2) is 0 Å². The number of aryl methyl sites for hydroxylation is 2. The number of aromatic nitrogens is 3. The smallest absolute Gasteiger partial charge is 0.318 e. The number of rotatable bonds is 3. The molecule has 36 heavy (non-hydrogen) atoms. The Labute approximate surface area is 212 Å². The molecule has 6 nitrogen and oxygen atoms in total. The van der Waals surface area contributed by atoms with E-state index in [1.54, 1.807) is 0 Å². The summed E-state index contributed by atoms with van der Waals surface area (Å²) in [7, 11) is 0. The van der Waals surface area contributed by atoms with Gasteiger partial charge in [0.2, 0.25) is 0 Å². The van der Waals surface area contributed by atoms with Crippen LogP contribution in [0.1, 0.15) is 66.2 Å². The minimum absolute atomic E-state index is 0.000803. The molecule has 0 unspecified atom stereocenters. The van der Waals surface area contributed by atoms with Crippen LogP contribution in [-0.4, -0.2) is 31.3 Å². The highest BCUT2D eigenvalue weighted by Crippen LogP contribution is 2.38. The topological polar surface area (TPSA) is 55.1 Å². The fraction of sp³-hybridized carbons (Fsp3) is 0.333. The predicted molar refractivity (Wildman–Crippen MR) is 142 cm³/mol. The van der Waals surface area contributed by atoms with E-state index in [0.717, 1.165) is 46.9 Å². The lowest BCUT2D eigenvalue weighted by Gasteiger charge is -2.33. The Hall–Kier alpha value is -3.80. The largest absolute Gasteiger partial charge is 0.335 e. The average Bonchev–Trinajstić information content (AvgIpc) is 3.45. The molecule has 2 aromatic heterocycles. The Morgan fingerprint density at radius 3 is 2.53 bits per heavy atom. The Kier molecular flexibility index (Phi) is 5.88. The molecule has 0 spiro atoms. The summed E-state index contributed by atoms with van der Waals surface area (Å²) in [5.74, 6) is 1.00. The van der Waals surface area contributed by atoms with Crippen LogP contribution in [-0.2, 0) is 6.54 Å². The van der Waals surface area contributed by atoms with Crippen molar-refractivity contribution in [1.82, 2.24) is 24.6 Å². The fourth-order valence-corrected chi connectivity index (χ4v) is 5.84. The van der Waals surface area contributed by atoms with E-state index in [1.807, 2.05) is 34.7 Å². The van der Waals surface area contributed by atoms with Crippen molar-refractivity contribution < 1.29 is 4.79 Å². The number of carbonyl (C=O) groups is 1. The van der Waals surface area contributed by atoms with E-state index >= 15 is 0 Å². The Morgan fingerprint density at radius 2 is 1.75 bits per heavy atom. The van der Waals surface area contributed by atoms with Crippen molar-refractivity contribution in [1.29, 1.82) is 0 Å². The van der Waals surface area contributed by atoms with Crippen LogP contribution in [0, 0.1) is 13.8 Å². The molecule has 6 heteroatoms. The first-order valence-corrected chi connectivity index (χ1v) is 13.1. The van der Waals surface area contributed by atoms with Crippen LogP contribution in [0.25, 0.3) is 11.5 Å². The Balaban J connectivity index is 1.51. The molecule has 1 atom stereocenters. The molecule has 184 valence electrons. The number of hydrogen-bond donors (Lipinski definition) is 1. The number of para-hydroxylation sites is 1. The van der Waals surface area contributed by atoms with Crippen LogP contribution in [0.2, 0.25) is 0 Å². The summed E-state index contributed by atoms with van der Waals surface area (Å²) in [6, 6.07) is 23.0. The molecule has 3 heterocycles. The molecule has 1 aliphatic heterocycles. The summed E-state index contributed by atoms with van der Waals surface area (Å²) < 4.78 is 4.24. The standard InChI is InChI=1S/C30H33N5O/c1-21-11-9-12-23(19-21)28-27-17-10-18-33(27)29-26(22(2)32-35(29)25-15-7-4-8-16-25)20-34(28)30(36)31-24-13-5-3-6-14-24/h4,7-12,15-19,24,28H,3,5-6,13-14,20H2,1-2H3,(H,31,36)/t28-/m1/s1. The minimum Gasteiger partial charge on any atom is -0.335 e. The number of fused-ring (bicyclic) bond motifs is 3. The average molecular weight is 480 g/mol. The van der Waals surface area contributed by atoms with Crippen LogP contribution < -0.4 is 5.32 Å². The highest BCUT2D eigenvalue weighted by atomic mass is 16.2. The minimum atomic E-state index is -0.209. The van der Waals surface area contributed by atoms with E-state index in [2.05, 4.69) is 71.5 Å². The molecule has 0 radical (unpaired) electrons. The summed E-state index contributed by atoms with van der Waals surface area (Å²) in [6.07, 6.45) is 7.84. The lowest BCUT2D eigenvalue weighted by Crippen LogP contribution is -2.46. The van der Waals surface area contributed by atoms with Crippen LogP contribution >= 0.6 is 0 Å². The lowest BCUT2D eigenvalue weighted by atomic mass is 9.95. The molecule has 6 rings (SSSR count). The van der Waals surface area contributed by atoms with Gasteiger partial charge in [-0.25, -0.2) is 9.48 Å². The highest BCUT2D eigenvalue weighted by molar-refractivity contribution is 5.76. The van der Waals surface area contributed by atoms with Crippen molar-refractivity contribution in [2.75, 3.05) is 0 Å². The molecule has 0 bridgehead atoms. The second kappa shape index (κ2) is 9.34. The van der Waals surface area contributed by atoms with Gasteiger partial charge in [-0.15, -0.1) is 0 Å². The van der Waals surface area contributed by atoms with Gasteiger partial charge in [0, 0.05) is 17.8 Å². The number of benzene rings is 2. The number of carbonyl (C=O) groups excluding carboxylic acids is 1. The second-order valence-electron chi connectivity index (χ2n) is 10.2. The Bertz CT molecular complexity index is 1380. The third-order valence-electron chi connectivity index (χ3n) is 7.64. The normalized spacial score (nSPS) is 17.8. The first-order chi connectivity index (χ1) is 17.6. The van der Waals surface area contributed by atoms with Gasteiger partial charge in [-0.05, 0) is 56.5 Å². The van der Waals surface area contributed by atoms with E-state index in [4.69, 9.17) is 5.10 Å². The molecule has 2 aliphatic rings. The summed E-state index contributed by atoms with van der Waals surface area (Å²) in [5, 5.41) is 8.33. The summed E-state index contributed by atoms with van der Waals surface area (Å²) in [6.45, 7) is 4.65. The van der Waals surface area contributed by atoms with Gasteiger partial charge in [-0.1, -0.05) is 67.3 Å². The summed E-state index contributed by atoms with van der Waals surface area (Å²) in [4.78, 5) is 16.0. The van der Waals surface area contributed by atoms with Crippen molar-refractivity contribution in [3.63, 3.8) is 0 Å². The van der Waals surface area contributed by atoms with E-state index in [0.29, 0.717) is 6.54 Å². The Morgan fingerprint density at radius 1 is 0.944 bits per heavy atom. The third-order valence-corrected chi connectivity index (χ3v) is 7.64. The second-order valence-corrected chi connectivity index (χ2v) is 10.2. The van der Waals surface area contributed by atoms with Gasteiger partial charge in [0.25, 0.3) is 0 Å². The number of amides is 2. The zero-order valence-corrected chi connectivity index (χ0v) is 21.0. The van der Waals surface area contributed by atoms with Crippen molar-refractivity contribution in [3.05, 3.63) is 101 Å². The molecule has 1 saturated carbocycles. The maximum absolute atomic E-state index is 14.0. The van der Waals surface area contributed by atoms with E-state index in [-0.39, 0.29) is 18.1 Å². The molecule has 0 saturated heterocycles. The van der Waals surface area contributed by atoms with Gasteiger partial charge in [0.05, 0.1) is 29.7 Å². The predicted octanol–water partition coefficient (Wildman–Crippen LogP) is 6.23. The monoisotopic (exact) mass is 479 g/mol. The summed E-state index contributed by atoms with van der Waals surface area (Å²) in [5.41, 5.74) is 6.39. The van der Waals surface area contributed by atoms with Crippen molar-refractivity contribution >= 4 is 6.03 Å². The number of nitrogens with one attached hydrogen (secondary N) is 1. The fourth-order valence-electron chi connectivity index (χ4n) is 5.84. The van der Waals surface area contributed by atoms with Crippen LogP contribution in [0.15, 0.2) is 72.9 Å². The van der Waals surface area contributed by atoms with Gasteiger partial charge in [0.1, 0.15) is 5.82 Å². The zero-order valence-electron chi connectivity index (χ0n) is 21.0. The molecular formula is C30H33N5O. The van der Waals surface area contributed by atoms with Crippen LogP contribution in [0.3, 0.4) is 0 Å². The first kappa shape index (κ1) is 22.7. The lowest BCUT2D eigenvalue weighted by molar-refractivity contribution is 0.173. The van der Waals surface area contributed by atoms with E-state index < -0.39 is 0 Å². The van der Waals surface area contributed by atoms with E-state index in [9.17, 15) is 4.79 Å². The van der Waals surface area contributed by atoms with Crippen molar-refractivity contribution in [3.8, 4) is 11.5 Å². The zero-order chi connectivity index (χ0) is 24.6. The molecule has 1 N–H and O–H groups in total. The number of hydrogen-bond acceptors (Lipinski definition) is 2. The number of nitrogens with zero attached hydrogens (tertiary/aromatic N) is 4. The molecule has 2 aromatic carbocycles. The van der Waals surface area contributed by atoms with Gasteiger partial charge in [-0.2, -0.15) is 5.10 Å². The third kappa shape index (κ3) is 4.00. The van der Waals surface area contributed by atoms with E-state index in [1.165, 1.54) is 24.8 Å². The maximum Gasteiger partial charge on any atom is 0.318 e. The molecule has 2 amide bonds. The van der Waals surface area contributed by atoms with Gasteiger partial charge in [-0.3, -0.25) is 0 Å². The van der Waals surface area contributed by atoms with Crippen molar-refractivity contribution in [2.24, 2.45) is 0 Å². The maximum atomic E-state index is 14.0. The highest BCUT2D eigenvalue weighted by Gasteiger charge is 2.36.